The highest BCUT2D eigenvalue weighted by Crippen LogP contribution is 2.13. The van der Waals surface area contributed by atoms with Crippen LogP contribution in [-0.2, 0) is 12.8 Å². The molecule has 0 aliphatic carbocycles. The van der Waals surface area contributed by atoms with E-state index >= 15 is 0 Å². The van der Waals surface area contributed by atoms with E-state index in [1.165, 1.54) is 23.3 Å². The average Bonchev–Trinajstić information content (AvgIpc) is 2.35. The summed E-state index contributed by atoms with van der Waals surface area (Å²) in [5.74, 6) is -1.10. The second kappa shape index (κ2) is 6.62. The highest BCUT2D eigenvalue weighted by Gasteiger charge is 2.07. The van der Waals surface area contributed by atoms with Crippen molar-refractivity contribution in [1.29, 1.82) is 0 Å². The molecular weight excluding hydrogens is 256 g/mol. The Bertz CT molecular complexity index is 561. The molecule has 0 aliphatic heterocycles. The normalized spacial score (nSPS) is 12.4. The van der Waals surface area contributed by atoms with Crippen molar-refractivity contribution in [2.24, 2.45) is 5.73 Å². The van der Waals surface area contributed by atoms with Crippen molar-refractivity contribution in [1.82, 2.24) is 0 Å². The SMILES string of the molecule is Cc1cccc(CCC(N)Cc2cc(F)cc(F)c2)c1. The topological polar surface area (TPSA) is 26.0 Å². The van der Waals surface area contributed by atoms with Crippen molar-refractivity contribution in [2.45, 2.75) is 32.2 Å². The molecule has 2 aromatic carbocycles. The van der Waals surface area contributed by atoms with Gasteiger partial charge in [0.2, 0.25) is 0 Å². The summed E-state index contributed by atoms with van der Waals surface area (Å²) in [6.07, 6.45) is 2.16. The Kier molecular flexibility index (Phi) is 4.85. The number of halogens is 2. The number of benzene rings is 2. The maximum absolute atomic E-state index is 13.1. The minimum Gasteiger partial charge on any atom is -0.327 e. The molecular formula is C17H19F2N. The fourth-order valence-corrected chi connectivity index (χ4v) is 2.35. The fraction of sp³-hybridized carbons (Fsp3) is 0.294. The minimum atomic E-state index is -0.550. The molecule has 1 atom stereocenters. The average molecular weight is 275 g/mol. The van der Waals surface area contributed by atoms with Gasteiger partial charge in [0.05, 0.1) is 0 Å². The summed E-state index contributed by atoms with van der Waals surface area (Å²) >= 11 is 0. The van der Waals surface area contributed by atoms with Crippen LogP contribution in [0, 0.1) is 18.6 Å². The first-order valence-corrected chi connectivity index (χ1v) is 6.79. The molecule has 0 bridgehead atoms. The molecule has 0 saturated heterocycles. The van der Waals surface area contributed by atoms with Crippen LogP contribution in [0.4, 0.5) is 8.78 Å². The number of nitrogens with two attached hydrogens (primary N) is 1. The molecule has 0 heterocycles. The van der Waals surface area contributed by atoms with E-state index in [0.717, 1.165) is 18.9 Å². The summed E-state index contributed by atoms with van der Waals surface area (Å²) in [6, 6.07) is 11.7. The molecule has 1 nitrogen and oxygen atoms in total. The van der Waals surface area contributed by atoms with Gasteiger partial charge in [0, 0.05) is 12.1 Å². The van der Waals surface area contributed by atoms with E-state index in [-0.39, 0.29) is 6.04 Å². The maximum Gasteiger partial charge on any atom is 0.126 e. The molecule has 2 N–H and O–H groups in total. The molecule has 0 radical (unpaired) electrons. The zero-order valence-corrected chi connectivity index (χ0v) is 11.6. The number of hydrogen-bond acceptors (Lipinski definition) is 1. The van der Waals surface area contributed by atoms with Crippen molar-refractivity contribution >= 4 is 0 Å². The largest absolute Gasteiger partial charge is 0.327 e. The lowest BCUT2D eigenvalue weighted by atomic mass is 9.99. The van der Waals surface area contributed by atoms with Gasteiger partial charge in [0.25, 0.3) is 0 Å². The molecule has 0 aromatic heterocycles. The third-order valence-corrected chi connectivity index (χ3v) is 3.31. The standard InChI is InChI=1S/C17H19F2N/c1-12-3-2-4-13(7-12)5-6-17(20)10-14-8-15(18)11-16(19)9-14/h2-4,7-9,11,17H,5-6,10,20H2,1H3. The van der Waals surface area contributed by atoms with Crippen LogP contribution in [0.5, 0.6) is 0 Å². The van der Waals surface area contributed by atoms with Crippen LogP contribution in [-0.4, -0.2) is 6.04 Å². The van der Waals surface area contributed by atoms with E-state index < -0.39 is 11.6 Å². The van der Waals surface area contributed by atoms with E-state index in [0.29, 0.717) is 12.0 Å². The van der Waals surface area contributed by atoms with Gasteiger partial charge >= 0.3 is 0 Å². The second-order valence-corrected chi connectivity index (χ2v) is 5.27. The van der Waals surface area contributed by atoms with Crippen LogP contribution in [0.1, 0.15) is 23.1 Å². The van der Waals surface area contributed by atoms with Crippen molar-refractivity contribution in [2.75, 3.05) is 0 Å². The molecule has 2 aromatic rings. The quantitative estimate of drug-likeness (QED) is 0.883. The van der Waals surface area contributed by atoms with Gasteiger partial charge in [-0.2, -0.15) is 0 Å². The van der Waals surface area contributed by atoms with Crippen LogP contribution in [0.25, 0.3) is 0 Å². The third-order valence-electron chi connectivity index (χ3n) is 3.31. The summed E-state index contributed by atoms with van der Waals surface area (Å²) in [7, 11) is 0. The van der Waals surface area contributed by atoms with E-state index in [4.69, 9.17) is 5.73 Å². The van der Waals surface area contributed by atoms with E-state index in [1.807, 2.05) is 6.07 Å². The van der Waals surface area contributed by atoms with Crippen molar-refractivity contribution in [3.8, 4) is 0 Å². The lowest BCUT2D eigenvalue weighted by Gasteiger charge is -2.12. The van der Waals surface area contributed by atoms with Gasteiger partial charge < -0.3 is 5.73 Å². The monoisotopic (exact) mass is 275 g/mol. The van der Waals surface area contributed by atoms with Gasteiger partial charge in [-0.1, -0.05) is 29.8 Å². The molecule has 106 valence electrons. The summed E-state index contributed by atoms with van der Waals surface area (Å²) in [5, 5.41) is 0. The van der Waals surface area contributed by atoms with Crippen LogP contribution in [0.2, 0.25) is 0 Å². The zero-order chi connectivity index (χ0) is 14.5. The first-order chi connectivity index (χ1) is 9.52. The Morgan fingerprint density at radius 1 is 1.00 bits per heavy atom. The first kappa shape index (κ1) is 14.7. The molecule has 2 rings (SSSR count). The third kappa shape index (κ3) is 4.42. The Labute approximate surface area is 118 Å². The molecule has 3 heteroatoms. The van der Waals surface area contributed by atoms with Gasteiger partial charge in [-0.15, -0.1) is 0 Å². The summed E-state index contributed by atoms with van der Waals surface area (Å²) in [6.45, 7) is 2.05. The highest BCUT2D eigenvalue weighted by atomic mass is 19.1. The highest BCUT2D eigenvalue weighted by molar-refractivity contribution is 5.23. The fourth-order valence-electron chi connectivity index (χ4n) is 2.35. The molecule has 0 spiro atoms. The van der Waals surface area contributed by atoms with E-state index in [9.17, 15) is 8.78 Å². The summed E-state index contributed by atoms with van der Waals surface area (Å²) in [4.78, 5) is 0. The minimum absolute atomic E-state index is 0.100. The second-order valence-electron chi connectivity index (χ2n) is 5.27. The summed E-state index contributed by atoms with van der Waals surface area (Å²) in [5.41, 5.74) is 9.12. The lowest BCUT2D eigenvalue weighted by molar-refractivity contribution is 0.568. The van der Waals surface area contributed by atoms with E-state index in [1.54, 1.807) is 0 Å². The molecule has 1 unspecified atom stereocenters. The predicted molar refractivity (Wildman–Crippen MR) is 77.5 cm³/mol. The van der Waals surface area contributed by atoms with Gasteiger partial charge in [-0.3, -0.25) is 0 Å². The Morgan fingerprint density at radius 2 is 1.70 bits per heavy atom. The molecule has 0 saturated carbocycles. The van der Waals surface area contributed by atoms with Gasteiger partial charge in [-0.25, -0.2) is 8.78 Å². The lowest BCUT2D eigenvalue weighted by Crippen LogP contribution is -2.23. The number of hydrogen-bond donors (Lipinski definition) is 1. The van der Waals surface area contributed by atoms with Crippen molar-refractivity contribution < 1.29 is 8.78 Å². The maximum atomic E-state index is 13.1. The van der Waals surface area contributed by atoms with Crippen molar-refractivity contribution in [3.63, 3.8) is 0 Å². The van der Waals surface area contributed by atoms with Gasteiger partial charge in [0.1, 0.15) is 11.6 Å². The van der Waals surface area contributed by atoms with Crippen molar-refractivity contribution in [3.05, 3.63) is 70.8 Å². The van der Waals surface area contributed by atoms with Gasteiger partial charge in [-0.05, 0) is 49.4 Å². The molecule has 0 amide bonds. The van der Waals surface area contributed by atoms with E-state index in [2.05, 4.69) is 25.1 Å². The Morgan fingerprint density at radius 3 is 2.35 bits per heavy atom. The predicted octanol–water partition coefficient (Wildman–Crippen LogP) is 3.78. The van der Waals surface area contributed by atoms with Crippen LogP contribution in [0.3, 0.4) is 0 Å². The Balaban J connectivity index is 1.90. The van der Waals surface area contributed by atoms with Crippen LogP contribution in [0.15, 0.2) is 42.5 Å². The molecule has 0 fully saturated rings. The number of aryl methyl sites for hydroxylation is 2. The summed E-state index contributed by atoms with van der Waals surface area (Å²) < 4.78 is 26.2. The zero-order valence-electron chi connectivity index (χ0n) is 11.6. The Hall–Kier alpha value is -1.74. The first-order valence-electron chi connectivity index (χ1n) is 6.79. The number of rotatable bonds is 5. The molecule has 20 heavy (non-hydrogen) atoms. The van der Waals surface area contributed by atoms with Crippen LogP contribution < -0.4 is 5.73 Å². The molecule has 0 aliphatic rings. The smallest absolute Gasteiger partial charge is 0.126 e. The van der Waals surface area contributed by atoms with Gasteiger partial charge in [0.15, 0.2) is 0 Å². The van der Waals surface area contributed by atoms with Crippen LogP contribution >= 0.6 is 0 Å².